The average molecular weight is 377 g/mol. The van der Waals surface area contributed by atoms with E-state index in [9.17, 15) is 4.79 Å². The predicted molar refractivity (Wildman–Crippen MR) is 77.1 cm³/mol. The summed E-state index contributed by atoms with van der Waals surface area (Å²) in [5.41, 5.74) is 0.984. The fourth-order valence-corrected chi connectivity index (χ4v) is 3.12. The maximum atomic E-state index is 11.4. The number of hydrogen-bond acceptors (Lipinski definition) is 3. The lowest BCUT2D eigenvalue weighted by molar-refractivity contribution is -0.132. The summed E-state index contributed by atoms with van der Waals surface area (Å²) < 4.78 is 1.95. The smallest absolute Gasteiger partial charge is 0.222 e. The topological polar surface area (TPSA) is 45.2 Å². The Kier molecular flexibility index (Phi) is 4.75. The van der Waals surface area contributed by atoms with Gasteiger partial charge in [0.2, 0.25) is 5.91 Å². The highest BCUT2D eigenvalue weighted by Crippen LogP contribution is 2.20. The number of nitrogens with zero attached hydrogens (tertiary/aromatic N) is 2. The maximum Gasteiger partial charge on any atom is 0.222 e. The first kappa shape index (κ1) is 14.0. The van der Waals surface area contributed by atoms with E-state index < -0.39 is 0 Å². The zero-order valence-corrected chi connectivity index (χ0v) is 13.3. The van der Waals surface area contributed by atoms with Crippen molar-refractivity contribution in [2.75, 3.05) is 13.6 Å². The number of aromatic nitrogens is 1. The minimum Gasteiger partial charge on any atom is -0.344 e. The first-order valence-corrected chi connectivity index (χ1v) is 7.42. The van der Waals surface area contributed by atoms with E-state index in [-0.39, 0.29) is 5.91 Å². The zero-order valence-electron chi connectivity index (χ0n) is 10.1. The summed E-state index contributed by atoms with van der Waals surface area (Å²) in [6, 6.07) is 2.34. The van der Waals surface area contributed by atoms with E-state index >= 15 is 0 Å². The Morgan fingerprint density at radius 1 is 1.56 bits per heavy atom. The number of carbonyl (C=O) groups excluding carboxylic acids is 1. The second-order valence-electron chi connectivity index (χ2n) is 4.47. The number of pyridine rings is 1. The predicted octanol–water partition coefficient (Wildman–Crippen LogP) is 2.32. The number of hydrogen-bond donors (Lipinski definition) is 1. The van der Waals surface area contributed by atoms with Crippen LogP contribution in [-0.2, 0) is 11.3 Å². The van der Waals surface area contributed by atoms with Crippen LogP contribution in [0.3, 0.4) is 0 Å². The van der Waals surface area contributed by atoms with Crippen molar-refractivity contribution < 1.29 is 4.79 Å². The fourth-order valence-electron chi connectivity index (χ4n) is 1.99. The van der Waals surface area contributed by atoms with E-state index in [1.54, 1.807) is 11.1 Å². The van der Waals surface area contributed by atoms with Crippen LogP contribution in [0.4, 0.5) is 0 Å². The van der Waals surface area contributed by atoms with Crippen LogP contribution in [0.25, 0.3) is 0 Å². The highest BCUT2D eigenvalue weighted by Gasteiger charge is 2.22. The van der Waals surface area contributed by atoms with E-state index in [0.29, 0.717) is 19.0 Å². The van der Waals surface area contributed by atoms with Crippen molar-refractivity contribution in [2.24, 2.45) is 0 Å². The van der Waals surface area contributed by atoms with Crippen LogP contribution in [0.1, 0.15) is 18.5 Å². The van der Waals surface area contributed by atoms with E-state index in [1.807, 2.05) is 13.1 Å². The molecule has 1 unspecified atom stereocenters. The summed E-state index contributed by atoms with van der Waals surface area (Å²) in [6.45, 7) is 1.48. The molecule has 1 amide bonds. The molecule has 0 saturated carbocycles. The SMILES string of the molecule is CN1CC(NCc2ncc(Br)cc2Br)CCC1=O. The Labute approximate surface area is 123 Å². The normalized spacial score (nSPS) is 20.3. The third-order valence-electron chi connectivity index (χ3n) is 3.07. The van der Waals surface area contributed by atoms with Gasteiger partial charge in [-0.25, -0.2) is 0 Å². The molecule has 0 aromatic carbocycles. The fraction of sp³-hybridized carbons (Fsp3) is 0.500. The molecule has 18 heavy (non-hydrogen) atoms. The second kappa shape index (κ2) is 6.12. The molecule has 1 saturated heterocycles. The van der Waals surface area contributed by atoms with Crippen LogP contribution < -0.4 is 5.32 Å². The van der Waals surface area contributed by atoms with Crippen molar-refractivity contribution in [2.45, 2.75) is 25.4 Å². The molecule has 98 valence electrons. The molecule has 0 aliphatic carbocycles. The minimum atomic E-state index is 0.232. The van der Waals surface area contributed by atoms with Crippen molar-refractivity contribution in [3.05, 3.63) is 26.9 Å². The first-order chi connectivity index (χ1) is 8.56. The molecule has 1 aliphatic heterocycles. The Bertz CT molecular complexity index is 453. The van der Waals surface area contributed by atoms with Crippen molar-refractivity contribution in [3.63, 3.8) is 0 Å². The largest absolute Gasteiger partial charge is 0.344 e. The second-order valence-corrected chi connectivity index (χ2v) is 6.24. The van der Waals surface area contributed by atoms with Gasteiger partial charge in [-0.05, 0) is 44.3 Å². The van der Waals surface area contributed by atoms with Crippen LogP contribution in [0.2, 0.25) is 0 Å². The molecular weight excluding hydrogens is 362 g/mol. The molecule has 0 spiro atoms. The van der Waals surface area contributed by atoms with E-state index in [0.717, 1.165) is 27.6 Å². The maximum absolute atomic E-state index is 11.4. The van der Waals surface area contributed by atoms with E-state index in [4.69, 9.17) is 0 Å². The monoisotopic (exact) mass is 375 g/mol. The first-order valence-electron chi connectivity index (χ1n) is 5.83. The molecule has 2 heterocycles. The van der Waals surface area contributed by atoms with Crippen molar-refractivity contribution in [1.82, 2.24) is 15.2 Å². The number of likely N-dealkylation sites (N-methyl/N-ethyl adjacent to an activating group) is 1. The molecule has 0 radical (unpaired) electrons. The third kappa shape index (κ3) is 3.52. The molecule has 1 aliphatic rings. The van der Waals surface area contributed by atoms with Crippen LogP contribution in [0.5, 0.6) is 0 Å². The standard InChI is InChI=1S/C12H15Br2N3O/c1-17-7-9(2-3-12(17)18)15-6-11-10(14)4-8(13)5-16-11/h4-5,9,15H,2-3,6-7H2,1H3. The van der Waals surface area contributed by atoms with E-state index in [2.05, 4.69) is 42.2 Å². The summed E-state index contributed by atoms with van der Waals surface area (Å²) >= 11 is 6.88. The Morgan fingerprint density at radius 2 is 2.33 bits per heavy atom. The van der Waals surface area contributed by atoms with E-state index in [1.165, 1.54) is 0 Å². The number of nitrogens with one attached hydrogen (secondary N) is 1. The molecule has 0 bridgehead atoms. The van der Waals surface area contributed by atoms with Gasteiger partial charge in [-0.3, -0.25) is 9.78 Å². The number of halogens is 2. The van der Waals surface area contributed by atoms with Gasteiger partial charge in [0.15, 0.2) is 0 Å². The van der Waals surface area contributed by atoms with Crippen molar-refractivity contribution in [3.8, 4) is 0 Å². The van der Waals surface area contributed by atoms with Gasteiger partial charge < -0.3 is 10.2 Å². The van der Waals surface area contributed by atoms with Gasteiger partial charge in [0, 0.05) is 47.7 Å². The van der Waals surface area contributed by atoms with Gasteiger partial charge in [-0.1, -0.05) is 0 Å². The van der Waals surface area contributed by atoms with Crippen molar-refractivity contribution in [1.29, 1.82) is 0 Å². The highest BCUT2D eigenvalue weighted by atomic mass is 79.9. The Balaban J connectivity index is 1.90. The molecule has 6 heteroatoms. The molecule has 2 rings (SSSR count). The van der Waals surface area contributed by atoms with Crippen LogP contribution in [-0.4, -0.2) is 35.4 Å². The number of likely N-dealkylation sites (tertiary alicyclic amines) is 1. The minimum absolute atomic E-state index is 0.232. The van der Waals surface area contributed by atoms with Gasteiger partial charge in [-0.2, -0.15) is 0 Å². The van der Waals surface area contributed by atoms with Gasteiger partial charge >= 0.3 is 0 Å². The summed E-state index contributed by atoms with van der Waals surface area (Å²) in [4.78, 5) is 17.5. The van der Waals surface area contributed by atoms with Crippen LogP contribution >= 0.6 is 31.9 Å². The van der Waals surface area contributed by atoms with Gasteiger partial charge in [0.1, 0.15) is 0 Å². The lowest BCUT2D eigenvalue weighted by Crippen LogP contribution is -2.46. The molecule has 1 N–H and O–H groups in total. The quantitative estimate of drug-likeness (QED) is 0.880. The zero-order chi connectivity index (χ0) is 13.1. The average Bonchev–Trinajstić information content (AvgIpc) is 2.32. The number of rotatable bonds is 3. The molecule has 1 atom stereocenters. The summed E-state index contributed by atoms with van der Waals surface area (Å²) in [7, 11) is 1.85. The summed E-state index contributed by atoms with van der Waals surface area (Å²) in [5, 5.41) is 3.45. The third-order valence-corrected chi connectivity index (χ3v) is 4.19. The lowest BCUT2D eigenvalue weighted by atomic mass is 10.1. The number of piperidine rings is 1. The molecule has 1 aromatic heterocycles. The molecule has 1 fully saturated rings. The molecule has 4 nitrogen and oxygen atoms in total. The Morgan fingerprint density at radius 3 is 3.00 bits per heavy atom. The lowest BCUT2D eigenvalue weighted by Gasteiger charge is -2.30. The van der Waals surface area contributed by atoms with Gasteiger partial charge in [-0.15, -0.1) is 0 Å². The summed E-state index contributed by atoms with van der Waals surface area (Å²) in [5.74, 6) is 0.232. The Hall–Kier alpha value is -0.460. The number of amides is 1. The van der Waals surface area contributed by atoms with Crippen molar-refractivity contribution >= 4 is 37.8 Å². The number of carbonyl (C=O) groups is 1. The molecule has 1 aromatic rings. The van der Waals surface area contributed by atoms with Crippen LogP contribution in [0, 0.1) is 0 Å². The van der Waals surface area contributed by atoms with Gasteiger partial charge in [0.05, 0.1) is 5.69 Å². The highest BCUT2D eigenvalue weighted by molar-refractivity contribution is 9.11. The molecular formula is C12H15Br2N3O. The van der Waals surface area contributed by atoms with Crippen LogP contribution in [0.15, 0.2) is 21.2 Å². The van der Waals surface area contributed by atoms with Gasteiger partial charge in [0.25, 0.3) is 0 Å². The summed E-state index contributed by atoms with van der Waals surface area (Å²) in [6.07, 6.45) is 3.32.